The van der Waals surface area contributed by atoms with E-state index in [1.807, 2.05) is 13.8 Å². The molecule has 2 heterocycles. The van der Waals surface area contributed by atoms with Crippen LogP contribution in [0.2, 0.25) is 0 Å². The Morgan fingerprint density at radius 1 is 1.35 bits per heavy atom. The minimum absolute atomic E-state index is 0.104. The highest BCUT2D eigenvalue weighted by molar-refractivity contribution is 5.87. The number of aliphatic hydroxyl groups is 1. The third kappa shape index (κ3) is 3.16. The smallest absolute Gasteiger partial charge is 0.226 e. The predicted molar refractivity (Wildman–Crippen MR) is 79.8 cm³/mol. The van der Waals surface area contributed by atoms with Crippen molar-refractivity contribution in [3.05, 3.63) is 6.20 Å². The van der Waals surface area contributed by atoms with Gasteiger partial charge in [-0.2, -0.15) is 15.1 Å². The summed E-state index contributed by atoms with van der Waals surface area (Å²) in [6.07, 6.45) is 2.71. The fraction of sp³-hybridized carbons (Fsp3) is 0.615. The van der Waals surface area contributed by atoms with Crippen molar-refractivity contribution >= 4 is 22.8 Å². The molecule has 7 nitrogen and oxygen atoms in total. The topological polar surface area (TPSA) is 98.8 Å². The van der Waals surface area contributed by atoms with Crippen molar-refractivity contribution < 1.29 is 5.11 Å². The quantitative estimate of drug-likeness (QED) is 0.614. The van der Waals surface area contributed by atoms with Crippen LogP contribution in [0.5, 0.6) is 0 Å². The van der Waals surface area contributed by atoms with Gasteiger partial charge in [-0.3, -0.25) is 5.10 Å². The van der Waals surface area contributed by atoms with E-state index in [9.17, 15) is 5.11 Å². The van der Waals surface area contributed by atoms with Gasteiger partial charge in [-0.1, -0.05) is 13.8 Å². The summed E-state index contributed by atoms with van der Waals surface area (Å²) < 4.78 is 0. The lowest BCUT2D eigenvalue weighted by Crippen LogP contribution is -2.27. The van der Waals surface area contributed by atoms with Gasteiger partial charge in [-0.05, 0) is 19.3 Å². The Labute approximate surface area is 118 Å². The zero-order chi connectivity index (χ0) is 14.5. The third-order valence-corrected chi connectivity index (χ3v) is 3.35. The molecule has 2 aromatic heterocycles. The summed E-state index contributed by atoms with van der Waals surface area (Å²) in [5.41, 5.74) is 0.699. The number of aliphatic hydroxyl groups excluding tert-OH is 1. The largest absolute Gasteiger partial charge is 0.396 e. The number of nitrogens with one attached hydrogen (secondary N) is 3. The molecule has 2 aromatic rings. The fourth-order valence-electron chi connectivity index (χ4n) is 1.78. The van der Waals surface area contributed by atoms with Gasteiger partial charge in [0, 0.05) is 19.2 Å². The molecule has 0 saturated carbocycles. The van der Waals surface area contributed by atoms with Crippen LogP contribution in [0.15, 0.2) is 6.20 Å². The molecule has 7 heteroatoms. The minimum atomic E-state index is 0.104. The normalized spacial score (nSPS) is 14.2. The molecule has 0 amide bonds. The van der Waals surface area contributed by atoms with Crippen LogP contribution < -0.4 is 10.6 Å². The lowest BCUT2D eigenvalue weighted by molar-refractivity contribution is 0.226. The van der Waals surface area contributed by atoms with Gasteiger partial charge in [-0.25, -0.2) is 0 Å². The van der Waals surface area contributed by atoms with Gasteiger partial charge in [0.1, 0.15) is 5.82 Å². The highest BCUT2D eigenvalue weighted by Crippen LogP contribution is 2.21. The Bertz CT molecular complexity index is 555. The first-order valence-electron chi connectivity index (χ1n) is 6.98. The zero-order valence-corrected chi connectivity index (χ0v) is 12.1. The van der Waals surface area contributed by atoms with E-state index in [4.69, 9.17) is 0 Å². The van der Waals surface area contributed by atoms with Gasteiger partial charge < -0.3 is 15.7 Å². The monoisotopic (exact) mass is 278 g/mol. The summed E-state index contributed by atoms with van der Waals surface area (Å²) in [4.78, 5) is 8.87. The molecule has 0 radical (unpaired) electrons. The van der Waals surface area contributed by atoms with Gasteiger partial charge in [0.15, 0.2) is 5.65 Å². The summed E-state index contributed by atoms with van der Waals surface area (Å²) in [5, 5.41) is 23.4. The molecular weight excluding hydrogens is 256 g/mol. The maximum absolute atomic E-state index is 9.22. The molecule has 110 valence electrons. The second-order valence-corrected chi connectivity index (χ2v) is 5.05. The van der Waals surface area contributed by atoms with E-state index in [0.717, 1.165) is 24.2 Å². The molecule has 0 spiro atoms. The van der Waals surface area contributed by atoms with Crippen LogP contribution in [0.1, 0.15) is 27.2 Å². The molecule has 0 aliphatic heterocycles. The molecule has 0 bridgehead atoms. The van der Waals surface area contributed by atoms with Gasteiger partial charge in [0.2, 0.25) is 5.95 Å². The van der Waals surface area contributed by atoms with Crippen LogP contribution in [-0.2, 0) is 0 Å². The molecule has 0 saturated heterocycles. The molecule has 0 aromatic carbocycles. The first-order valence-corrected chi connectivity index (χ1v) is 6.98. The van der Waals surface area contributed by atoms with Crippen LogP contribution in [0.3, 0.4) is 0 Å². The molecular formula is C13H22N6O. The Kier molecular flexibility index (Phi) is 4.73. The molecule has 2 atom stereocenters. The number of aromatic nitrogens is 4. The van der Waals surface area contributed by atoms with Crippen molar-refractivity contribution in [3.63, 3.8) is 0 Å². The molecule has 4 N–H and O–H groups in total. The Balaban J connectivity index is 2.27. The minimum Gasteiger partial charge on any atom is -0.396 e. The number of rotatable bonds is 7. The molecule has 2 unspecified atom stereocenters. The Morgan fingerprint density at radius 3 is 2.85 bits per heavy atom. The summed E-state index contributed by atoms with van der Waals surface area (Å²) in [6.45, 7) is 7.05. The van der Waals surface area contributed by atoms with Crippen LogP contribution in [0, 0.1) is 5.92 Å². The highest BCUT2D eigenvalue weighted by Gasteiger charge is 2.15. The van der Waals surface area contributed by atoms with Crippen molar-refractivity contribution in [3.8, 4) is 0 Å². The van der Waals surface area contributed by atoms with E-state index in [1.165, 1.54) is 0 Å². The summed E-state index contributed by atoms with van der Waals surface area (Å²) in [7, 11) is 0. The fourth-order valence-corrected chi connectivity index (χ4v) is 1.78. The van der Waals surface area contributed by atoms with Gasteiger partial charge in [0.25, 0.3) is 0 Å². The van der Waals surface area contributed by atoms with Crippen molar-refractivity contribution in [2.24, 2.45) is 5.92 Å². The van der Waals surface area contributed by atoms with Crippen molar-refractivity contribution in [1.29, 1.82) is 0 Å². The van der Waals surface area contributed by atoms with E-state index >= 15 is 0 Å². The maximum atomic E-state index is 9.22. The van der Waals surface area contributed by atoms with Gasteiger partial charge in [-0.15, -0.1) is 0 Å². The predicted octanol–water partition coefficient (Wildman–Crippen LogP) is 1.60. The first kappa shape index (κ1) is 14.5. The Hall–Kier alpha value is -1.89. The summed E-state index contributed by atoms with van der Waals surface area (Å²) in [5.74, 6) is 1.45. The Morgan fingerprint density at radius 2 is 2.15 bits per heavy atom. The molecule has 0 aliphatic rings. The average Bonchev–Trinajstić information content (AvgIpc) is 2.92. The molecule has 20 heavy (non-hydrogen) atoms. The number of fused-ring (bicyclic) bond motifs is 1. The lowest BCUT2D eigenvalue weighted by atomic mass is 10.1. The van der Waals surface area contributed by atoms with Crippen LogP contribution in [0.4, 0.5) is 11.8 Å². The number of H-pyrrole nitrogens is 1. The van der Waals surface area contributed by atoms with E-state index < -0.39 is 0 Å². The average molecular weight is 278 g/mol. The lowest BCUT2D eigenvalue weighted by Gasteiger charge is -2.20. The van der Waals surface area contributed by atoms with Crippen molar-refractivity contribution in [2.45, 2.75) is 33.2 Å². The number of aromatic amines is 1. The number of hydrogen-bond donors (Lipinski definition) is 4. The van der Waals surface area contributed by atoms with E-state index in [2.05, 4.69) is 37.7 Å². The third-order valence-electron chi connectivity index (χ3n) is 3.35. The number of anilines is 2. The SMILES string of the molecule is CCCNc1nc(NC(C)C(C)CO)c2cn[nH]c2n1. The molecule has 0 aliphatic carbocycles. The number of nitrogens with zero attached hydrogens (tertiary/aromatic N) is 3. The maximum Gasteiger partial charge on any atom is 0.226 e. The van der Waals surface area contributed by atoms with Crippen LogP contribution in [-0.4, -0.2) is 44.5 Å². The van der Waals surface area contributed by atoms with E-state index in [0.29, 0.717) is 11.6 Å². The van der Waals surface area contributed by atoms with E-state index in [1.54, 1.807) is 6.20 Å². The van der Waals surface area contributed by atoms with Crippen LogP contribution in [0.25, 0.3) is 11.0 Å². The zero-order valence-electron chi connectivity index (χ0n) is 12.1. The second kappa shape index (κ2) is 6.51. The van der Waals surface area contributed by atoms with Crippen molar-refractivity contribution in [1.82, 2.24) is 20.2 Å². The van der Waals surface area contributed by atoms with Crippen LogP contribution >= 0.6 is 0 Å². The second-order valence-electron chi connectivity index (χ2n) is 5.05. The summed E-state index contributed by atoms with van der Waals surface area (Å²) in [6, 6.07) is 0.104. The first-order chi connectivity index (χ1) is 9.65. The van der Waals surface area contributed by atoms with Gasteiger partial charge >= 0.3 is 0 Å². The van der Waals surface area contributed by atoms with Gasteiger partial charge in [0.05, 0.1) is 11.6 Å². The van der Waals surface area contributed by atoms with E-state index in [-0.39, 0.29) is 18.6 Å². The standard InChI is InChI=1S/C13H22N6O/c1-4-5-14-13-17-11(16-9(3)8(2)7-20)10-6-15-19-12(10)18-13/h6,8-9,20H,4-5,7H2,1-3H3,(H3,14,15,16,17,18,19). The van der Waals surface area contributed by atoms with Crippen molar-refractivity contribution in [2.75, 3.05) is 23.8 Å². The number of hydrogen-bond acceptors (Lipinski definition) is 6. The molecule has 2 rings (SSSR count). The highest BCUT2D eigenvalue weighted by atomic mass is 16.3. The summed E-state index contributed by atoms with van der Waals surface area (Å²) >= 11 is 0. The molecule has 0 fully saturated rings.